The van der Waals surface area contributed by atoms with Crippen LogP contribution in [0.25, 0.3) is 6.08 Å². The summed E-state index contributed by atoms with van der Waals surface area (Å²) >= 11 is 3.03. The molecule has 282 valence electrons. The van der Waals surface area contributed by atoms with Crippen molar-refractivity contribution in [3.8, 4) is 28.7 Å². The molecular weight excluding hydrogens is 843 g/mol. The van der Waals surface area contributed by atoms with Gasteiger partial charge in [0.25, 0.3) is 11.2 Å². The topological polar surface area (TPSA) is 210 Å². The highest BCUT2D eigenvalue weighted by Gasteiger charge is 2.34. The Balaban J connectivity index is 1.61. The number of nitro benzene ring substituents is 2. The van der Waals surface area contributed by atoms with Gasteiger partial charge in [0.15, 0.2) is 34.4 Å². The Bertz CT molecular complexity index is 2390. The van der Waals surface area contributed by atoms with Crippen molar-refractivity contribution in [3.63, 3.8) is 0 Å². The van der Waals surface area contributed by atoms with Gasteiger partial charge in [-0.15, -0.1) is 0 Å². The van der Waals surface area contributed by atoms with Crippen LogP contribution in [0.1, 0.15) is 37.9 Å². The SMILES string of the molecule is CCOC(=O)C1=C(C)N=c2s/c(=C/c3cc(I)c(Oc4ccc([N+](=O)[O-])cc4[N+](=O)[O-])c(OC)c3)c(=O)n2[C@@H]1c1ccc(OCC(=O)OC)c(OCC)c1. The number of allylic oxidation sites excluding steroid dienone is 1. The molecule has 19 heteroatoms. The molecule has 5 rings (SSSR count). The van der Waals surface area contributed by atoms with E-state index >= 15 is 0 Å². The number of esters is 2. The van der Waals surface area contributed by atoms with E-state index in [1.54, 1.807) is 57.2 Å². The number of nitrogens with zero attached hydrogens (tertiary/aromatic N) is 4. The van der Waals surface area contributed by atoms with Crippen molar-refractivity contribution in [3.05, 3.63) is 114 Å². The summed E-state index contributed by atoms with van der Waals surface area (Å²) in [6.07, 6.45) is 1.60. The largest absolute Gasteiger partial charge is 0.493 e. The molecule has 0 N–H and O–H groups in total. The highest BCUT2D eigenvalue weighted by molar-refractivity contribution is 14.1. The van der Waals surface area contributed by atoms with Gasteiger partial charge in [-0.05, 0) is 90.9 Å². The maximum absolute atomic E-state index is 14.3. The summed E-state index contributed by atoms with van der Waals surface area (Å²) in [4.78, 5) is 65.7. The van der Waals surface area contributed by atoms with E-state index < -0.39 is 44.8 Å². The molecule has 0 fully saturated rings. The summed E-state index contributed by atoms with van der Waals surface area (Å²) in [7, 11) is 2.60. The van der Waals surface area contributed by atoms with Gasteiger partial charge in [-0.25, -0.2) is 14.6 Å². The van der Waals surface area contributed by atoms with Crippen molar-refractivity contribution in [1.82, 2.24) is 4.57 Å². The van der Waals surface area contributed by atoms with Gasteiger partial charge in [0, 0.05) is 6.07 Å². The molecule has 17 nitrogen and oxygen atoms in total. The molecule has 3 aromatic carbocycles. The van der Waals surface area contributed by atoms with E-state index in [1.165, 1.54) is 18.8 Å². The van der Waals surface area contributed by atoms with E-state index in [4.69, 9.17) is 23.7 Å². The van der Waals surface area contributed by atoms with Gasteiger partial charge < -0.3 is 28.4 Å². The molecule has 0 spiro atoms. The zero-order valence-electron chi connectivity index (χ0n) is 29.3. The number of carbonyl (C=O) groups excluding carboxylic acids is 2. The third-order valence-corrected chi connectivity index (χ3v) is 9.57. The van der Waals surface area contributed by atoms with E-state index in [2.05, 4.69) is 9.73 Å². The number of methoxy groups -OCH3 is 2. The minimum Gasteiger partial charge on any atom is -0.493 e. The Labute approximate surface area is 323 Å². The molecule has 1 aliphatic heterocycles. The number of thiazole rings is 1. The normalized spacial score (nSPS) is 13.7. The molecule has 0 unspecified atom stereocenters. The van der Waals surface area contributed by atoms with Crippen LogP contribution >= 0.6 is 33.9 Å². The first-order chi connectivity index (χ1) is 25.8. The fraction of sp³-hybridized carbons (Fsp3) is 0.257. The summed E-state index contributed by atoms with van der Waals surface area (Å²) < 4.78 is 35.0. The maximum Gasteiger partial charge on any atom is 0.343 e. The van der Waals surface area contributed by atoms with Crippen molar-refractivity contribution in [2.75, 3.05) is 34.0 Å². The van der Waals surface area contributed by atoms with Crippen LogP contribution in [0, 0.1) is 23.8 Å². The van der Waals surface area contributed by atoms with Gasteiger partial charge in [0.2, 0.25) is 5.75 Å². The number of nitro groups is 2. The third-order valence-electron chi connectivity index (χ3n) is 7.79. The molecule has 0 radical (unpaired) electrons. The van der Waals surface area contributed by atoms with E-state index in [1.807, 2.05) is 22.6 Å². The highest BCUT2D eigenvalue weighted by atomic mass is 127. The van der Waals surface area contributed by atoms with Crippen LogP contribution in [0.4, 0.5) is 11.4 Å². The van der Waals surface area contributed by atoms with Crippen LogP contribution < -0.4 is 33.8 Å². The maximum atomic E-state index is 14.3. The monoisotopic (exact) mass is 874 g/mol. The number of hydrogen-bond donors (Lipinski definition) is 0. The van der Waals surface area contributed by atoms with Crippen LogP contribution in [0.15, 0.2) is 69.6 Å². The zero-order valence-corrected chi connectivity index (χ0v) is 32.3. The highest BCUT2D eigenvalue weighted by Crippen LogP contribution is 2.41. The summed E-state index contributed by atoms with van der Waals surface area (Å²) in [6.45, 7) is 5.04. The lowest BCUT2D eigenvalue weighted by Gasteiger charge is -2.25. The minimum atomic E-state index is -0.987. The molecular formula is C35H31IN4O13S. The molecule has 0 aliphatic carbocycles. The second-order valence-electron chi connectivity index (χ2n) is 11.1. The molecule has 0 bridgehead atoms. The van der Waals surface area contributed by atoms with Crippen molar-refractivity contribution >= 4 is 63.3 Å². The number of carbonyl (C=O) groups is 2. The molecule has 4 aromatic rings. The Morgan fingerprint density at radius 2 is 1.70 bits per heavy atom. The molecule has 0 saturated carbocycles. The number of aromatic nitrogens is 1. The van der Waals surface area contributed by atoms with Crippen LogP contribution in [0.3, 0.4) is 0 Å². The Morgan fingerprint density at radius 3 is 2.35 bits per heavy atom. The number of benzene rings is 3. The molecule has 0 amide bonds. The first-order valence-electron chi connectivity index (χ1n) is 16.0. The summed E-state index contributed by atoms with van der Waals surface area (Å²) in [5.74, 6) is -0.730. The van der Waals surface area contributed by atoms with Gasteiger partial charge in [0.05, 0.1) is 68.8 Å². The van der Waals surface area contributed by atoms with Crippen molar-refractivity contribution in [2.24, 2.45) is 4.99 Å². The van der Waals surface area contributed by atoms with Gasteiger partial charge in [-0.2, -0.15) is 0 Å². The lowest BCUT2D eigenvalue weighted by atomic mass is 9.95. The summed E-state index contributed by atoms with van der Waals surface area (Å²) in [5, 5.41) is 22.9. The molecule has 1 atom stereocenters. The lowest BCUT2D eigenvalue weighted by Crippen LogP contribution is -2.40. The van der Waals surface area contributed by atoms with Gasteiger partial charge in [-0.1, -0.05) is 17.4 Å². The van der Waals surface area contributed by atoms with E-state index in [9.17, 15) is 34.6 Å². The number of rotatable bonds is 14. The summed E-state index contributed by atoms with van der Waals surface area (Å²) in [5.41, 5.74) is -0.111. The third kappa shape index (κ3) is 8.20. The number of ether oxygens (including phenoxy) is 6. The standard InChI is InChI=1S/C35H31IN4O13S/c1-6-50-26-15-20(8-10-25(26)52-17-29(41)49-5)31-30(34(43)51-7-2)18(3)37-35-38(31)33(42)28(54-35)14-19-12-22(36)32(27(13-19)48-4)53-24-11-9-21(39(44)45)16-23(24)40(46)47/h8-16,31H,6-7,17H2,1-5H3/b28-14+/t31-/m1/s1. The van der Waals surface area contributed by atoms with Crippen LogP contribution in [0.2, 0.25) is 0 Å². The fourth-order valence-electron chi connectivity index (χ4n) is 5.42. The average molecular weight is 875 g/mol. The Hall–Kier alpha value is -5.83. The second kappa shape index (κ2) is 16.9. The number of fused-ring (bicyclic) bond motifs is 1. The second-order valence-corrected chi connectivity index (χ2v) is 13.3. The first kappa shape index (κ1) is 39.4. The van der Waals surface area contributed by atoms with E-state index in [-0.39, 0.29) is 58.7 Å². The van der Waals surface area contributed by atoms with Gasteiger partial charge in [-0.3, -0.25) is 29.6 Å². The number of halogens is 1. The number of hydrogen-bond acceptors (Lipinski definition) is 15. The van der Waals surface area contributed by atoms with Gasteiger partial charge >= 0.3 is 17.6 Å². The predicted molar refractivity (Wildman–Crippen MR) is 201 cm³/mol. The van der Waals surface area contributed by atoms with Crippen LogP contribution in [-0.2, 0) is 19.1 Å². The summed E-state index contributed by atoms with van der Waals surface area (Å²) in [6, 6.07) is 10.1. The molecule has 1 aliphatic rings. The fourth-order valence-corrected chi connectivity index (χ4v) is 7.20. The van der Waals surface area contributed by atoms with E-state index in [0.29, 0.717) is 25.2 Å². The molecule has 2 heterocycles. The average Bonchev–Trinajstić information content (AvgIpc) is 3.44. The zero-order chi connectivity index (χ0) is 39.3. The van der Waals surface area contributed by atoms with E-state index in [0.717, 1.165) is 29.5 Å². The Morgan fingerprint density at radius 1 is 0.963 bits per heavy atom. The first-order valence-corrected chi connectivity index (χ1v) is 17.8. The lowest BCUT2D eigenvalue weighted by molar-refractivity contribution is -0.394. The molecule has 54 heavy (non-hydrogen) atoms. The smallest absolute Gasteiger partial charge is 0.343 e. The quantitative estimate of drug-likeness (QED) is 0.0710. The van der Waals surface area contributed by atoms with Gasteiger partial charge in [0.1, 0.15) is 0 Å². The number of non-ortho nitro benzene ring substituents is 1. The van der Waals surface area contributed by atoms with Crippen molar-refractivity contribution < 1.29 is 47.9 Å². The van der Waals surface area contributed by atoms with Crippen molar-refractivity contribution in [2.45, 2.75) is 26.8 Å². The predicted octanol–water partition coefficient (Wildman–Crippen LogP) is 4.97. The minimum absolute atomic E-state index is 0.0783. The van der Waals surface area contributed by atoms with Crippen molar-refractivity contribution in [1.29, 1.82) is 0 Å². The Kier molecular flexibility index (Phi) is 12.3. The van der Waals surface area contributed by atoms with Crippen LogP contribution in [0.5, 0.6) is 28.7 Å². The molecule has 1 aromatic heterocycles. The van der Waals surface area contributed by atoms with Crippen LogP contribution in [-0.4, -0.2) is 60.4 Å². The molecule has 0 saturated heterocycles.